The number of amides is 3. The van der Waals surface area contributed by atoms with Gasteiger partial charge in [-0.25, -0.2) is 19.7 Å². The average Bonchev–Trinajstić information content (AvgIpc) is 2.86. The summed E-state index contributed by atoms with van der Waals surface area (Å²) in [5, 5.41) is 22.7. The van der Waals surface area contributed by atoms with Crippen LogP contribution >= 0.6 is 0 Å². The Labute approximate surface area is 208 Å². The van der Waals surface area contributed by atoms with Crippen LogP contribution in [-0.2, 0) is 0 Å². The van der Waals surface area contributed by atoms with Gasteiger partial charge in [0.05, 0.1) is 24.5 Å². The van der Waals surface area contributed by atoms with Crippen molar-refractivity contribution in [2.45, 2.75) is 44.1 Å². The second kappa shape index (κ2) is 10.7. The Kier molecular flexibility index (Phi) is 7.58. The van der Waals surface area contributed by atoms with Gasteiger partial charge in [-0.1, -0.05) is 0 Å². The van der Waals surface area contributed by atoms with E-state index < -0.39 is 42.7 Å². The fraction of sp³-hybridized carbons (Fsp3) is 0.524. The Morgan fingerprint density at radius 1 is 1.30 bits per heavy atom. The van der Waals surface area contributed by atoms with E-state index in [0.29, 0.717) is 25.2 Å². The maximum Gasteiger partial charge on any atom is 0.408 e. The zero-order valence-electron chi connectivity index (χ0n) is 19.6. The third-order valence-electron chi connectivity index (χ3n) is 5.82. The van der Waals surface area contributed by atoms with Crippen LogP contribution in [0.3, 0.4) is 0 Å². The van der Waals surface area contributed by atoms with Crippen molar-refractivity contribution in [2.75, 3.05) is 41.4 Å². The molecule has 2 aromatic heterocycles. The summed E-state index contributed by atoms with van der Waals surface area (Å²) >= 11 is 0. The molecule has 13 nitrogen and oxygen atoms in total. The van der Waals surface area contributed by atoms with Gasteiger partial charge in [0.2, 0.25) is 17.7 Å². The second-order valence-corrected chi connectivity index (χ2v) is 8.55. The first-order valence-corrected chi connectivity index (χ1v) is 11.4. The molecule has 2 aliphatic rings. The van der Waals surface area contributed by atoms with Crippen LogP contribution in [0.1, 0.15) is 30.4 Å². The van der Waals surface area contributed by atoms with Crippen molar-refractivity contribution in [3.63, 3.8) is 0 Å². The van der Waals surface area contributed by atoms with Gasteiger partial charge in [0, 0.05) is 25.4 Å². The molecule has 0 spiro atoms. The number of urea groups is 1. The van der Waals surface area contributed by atoms with Crippen molar-refractivity contribution in [1.82, 2.24) is 25.3 Å². The van der Waals surface area contributed by atoms with Gasteiger partial charge in [0.1, 0.15) is 18.8 Å². The minimum atomic E-state index is -4.65. The summed E-state index contributed by atoms with van der Waals surface area (Å²) in [7, 11) is 0. The Hall–Kier alpha value is -3.79. The van der Waals surface area contributed by atoms with Crippen molar-refractivity contribution < 1.29 is 37.7 Å². The van der Waals surface area contributed by atoms with Gasteiger partial charge in [0.25, 0.3) is 5.91 Å². The van der Waals surface area contributed by atoms with Crippen LogP contribution in [0.15, 0.2) is 18.5 Å². The van der Waals surface area contributed by atoms with Crippen LogP contribution in [0.2, 0.25) is 0 Å². The molecule has 1 saturated heterocycles. The first-order valence-electron chi connectivity index (χ1n) is 11.4. The molecule has 2 bridgehead atoms. The van der Waals surface area contributed by atoms with E-state index in [1.807, 2.05) is 10.2 Å². The van der Waals surface area contributed by atoms with Gasteiger partial charge in [-0.15, -0.1) is 0 Å². The van der Waals surface area contributed by atoms with E-state index >= 15 is 0 Å². The van der Waals surface area contributed by atoms with Crippen molar-refractivity contribution in [3.05, 3.63) is 24.3 Å². The summed E-state index contributed by atoms with van der Waals surface area (Å²) in [5.41, 5.74) is 0.461. The van der Waals surface area contributed by atoms with E-state index in [-0.39, 0.29) is 30.3 Å². The summed E-state index contributed by atoms with van der Waals surface area (Å²) in [5.74, 6) is -1.64. The molecule has 37 heavy (non-hydrogen) atoms. The van der Waals surface area contributed by atoms with Crippen LogP contribution < -0.4 is 25.2 Å². The largest absolute Gasteiger partial charge is 0.475 e. The Morgan fingerprint density at radius 2 is 2.08 bits per heavy atom. The molecule has 200 valence electrons. The van der Waals surface area contributed by atoms with Gasteiger partial charge in [-0.2, -0.15) is 18.2 Å². The molecule has 1 fully saturated rings. The van der Waals surface area contributed by atoms with E-state index in [0.717, 1.165) is 13.3 Å². The zero-order valence-corrected chi connectivity index (χ0v) is 19.6. The number of ether oxygens (including phenoxy) is 1. The normalized spacial score (nSPS) is 18.5. The lowest BCUT2D eigenvalue weighted by molar-refractivity contribution is -0.149. The number of anilines is 3. The topological polar surface area (TPSA) is 166 Å². The number of hydrogen-bond acceptors (Lipinski definition) is 10. The molecule has 4 N–H and O–H groups in total. The number of piperidine rings is 1. The molecule has 0 aliphatic carbocycles. The number of hydrogen-bond donors (Lipinski definition) is 4. The third-order valence-corrected chi connectivity index (χ3v) is 5.82. The molecule has 0 radical (unpaired) electrons. The average molecular weight is 526 g/mol. The fourth-order valence-corrected chi connectivity index (χ4v) is 3.91. The molecule has 0 saturated carbocycles. The predicted molar refractivity (Wildman–Crippen MR) is 122 cm³/mol. The van der Waals surface area contributed by atoms with Crippen LogP contribution in [-0.4, -0.2) is 92.8 Å². The number of aromatic nitrogens is 4. The van der Waals surface area contributed by atoms with Crippen LogP contribution in [0.4, 0.5) is 35.4 Å². The molecule has 0 aromatic carbocycles. The highest BCUT2D eigenvalue weighted by Gasteiger charge is 2.40. The number of halogens is 3. The molecule has 2 aromatic rings. The highest BCUT2D eigenvalue weighted by atomic mass is 19.4. The predicted octanol–water partition coefficient (Wildman–Crippen LogP) is 0.700. The molecule has 4 rings (SSSR count). The number of carbonyl (C=O) groups excluding carboxylic acids is 2. The summed E-state index contributed by atoms with van der Waals surface area (Å²) in [6, 6.07) is -1.73. The van der Waals surface area contributed by atoms with Crippen LogP contribution in [0, 0.1) is 0 Å². The molecule has 0 unspecified atom stereocenters. The zero-order chi connectivity index (χ0) is 26.7. The Balaban J connectivity index is 1.57. The second-order valence-electron chi connectivity index (χ2n) is 8.55. The first kappa shape index (κ1) is 26.3. The van der Waals surface area contributed by atoms with Crippen molar-refractivity contribution in [3.8, 4) is 5.88 Å². The maximum atomic E-state index is 13.3. The molecule has 2 aliphatic heterocycles. The summed E-state index contributed by atoms with van der Waals surface area (Å²) in [4.78, 5) is 45.2. The van der Waals surface area contributed by atoms with E-state index in [1.54, 1.807) is 0 Å². The van der Waals surface area contributed by atoms with E-state index in [1.165, 1.54) is 23.4 Å². The first-order chi connectivity index (χ1) is 17.6. The number of alkyl halides is 3. The number of carbonyl (C=O) groups is 2. The van der Waals surface area contributed by atoms with Crippen molar-refractivity contribution in [1.29, 1.82) is 0 Å². The number of nitrogens with one attached hydrogen (secondary N) is 2. The van der Waals surface area contributed by atoms with Crippen molar-refractivity contribution in [2.24, 2.45) is 0 Å². The minimum Gasteiger partial charge on any atom is -0.475 e. The molecular weight excluding hydrogens is 501 g/mol. The van der Waals surface area contributed by atoms with E-state index in [9.17, 15) is 27.9 Å². The Bertz CT molecular complexity index is 1150. The van der Waals surface area contributed by atoms with Crippen LogP contribution in [0.25, 0.3) is 0 Å². The standard InChI is InChI=1S/C21H25F3N8O5/c1-11(21(22,23)24)27-18(35)16-26-7-14-17(29-16)32(12-3-2-6-31(14)8-12)20(36)30-19-25-5-4-15(28-19)37-10-13(34)9-33/h4-5,7,11-13,33-34H,2-3,6,8-10H2,1H3,(H,27,35)(H,25,28,30,36)/t11-,12+,13+/m1/s1. The Morgan fingerprint density at radius 3 is 2.81 bits per heavy atom. The smallest absolute Gasteiger partial charge is 0.408 e. The number of rotatable bonds is 7. The van der Waals surface area contributed by atoms with Crippen molar-refractivity contribution >= 4 is 29.4 Å². The lowest BCUT2D eigenvalue weighted by Crippen LogP contribution is -2.56. The monoisotopic (exact) mass is 526 g/mol. The quantitative estimate of drug-likeness (QED) is 0.403. The van der Waals surface area contributed by atoms with E-state index in [2.05, 4.69) is 25.3 Å². The molecule has 3 atom stereocenters. The summed E-state index contributed by atoms with van der Waals surface area (Å²) in [6.45, 7) is 1.21. The number of aliphatic hydroxyl groups is 2. The fourth-order valence-electron chi connectivity index (χ4n) is 3.91. The SMILES string of the molecule is C[C@@H](NC(=O)c1ncc2c(n1)N(C(=O)Nc1nccc(OC[C@@H](O)CO)n1)[C@H]1CCCN2C1)C(F)(F)F. The summed E-state index contributed by atoms with van der Waals surface area (Å²) in [6.07, 6.45) is -1.73. The molecule has 4 heterocycles. The third kappa shape index (κ3) is 5.96. The van der Waals surface area contributed by atoms with Gasteiger partial charge in [-0.05, 0) is 19.8 Å². The molecular formula is C21H25F3N8O5. The van der Waals surface area contributed by atoms with Gasteiger partial charge < -0.3 is 25.2 Å². The lowest BCUT2D eigenvalue weighted by Gasteiger charge is -2.45. The van der Waals surface area contributed by atoms with Gasteiger partial charge >= 0.3 is 12.2 Å². The van der Waals surface area contributed by atoms with Crippen LogP contribution in [0.5, 0.6) is 5.88 Å². The van der Waals surface area contributed by atoms with Gasteiger partial charge in [-0.3, -0.25) is 15.0 Å². The highest BCUT2D eigenvalue weighted by molar-refractivity contribution is 6.04. The minimum absolute atomic E-state index is 0.0424. The maximum absolute atomic E-state index is 13.3. The number of nitrogens with zero attached hydrogens (tertiary/aromatic N) is 6. The lowest BCUT2D eigenvalue weighted by atomic mass is 10.0. The van der Waals surface area contributed by atoms with E-state index in [4.69, 9.17) is 9.84 Å². The summed E-state index contributed by atoms with van der Waals surface area (Å²) < 4.78 is 44.0. The highest BCUT2D eigenvalue weighted by Crippen LogP contribution is 2.37. The number of aliphatic hydroxyl groups excluding tert-OH is 2. The number of fused-ring (bicyclic) bond motifs is 4. The molecule has 3 amide bonds. The molecule has 16 heteroatoms. The van der Waals surface area contributed by atoms with Gasteiger partial charge in [0.15, 0.2) is 5.82 Å².